The normalized spacial score (nSPS) is 20.7. The minimum atomic E-state index is -0.730. The Balaban J connectivity index is 1.93. The number of nitrogens with zero attached hydrogens (tertiary/aromatic N) is 1. The van der Waals surface area contributed by atoms with Gasteiger partial charge >= 0.3 is 0 Å². The molecule has 0 amide bonds. The molecule has 1 aromatic rings. The lowest BCUT2D eigenvalue weighted by molar-refractivity contribution is 0.107. The molecular weight excluding hydrogens is 333 g/mol. The smallest absolute Gasteiger partial charge is 0.257 e. The highest BCUT2D eigenvalue weighted by molar-refractivity contribution is 9.10. The summed E-state index contributed by atoms with van der Waals surface area (Å²) in [5, 5.41) is -0.730. The van der Waals surface area contributed by atoms with Crippen molar-refractivity contribution in [3.05, 3.63) is 28.0 Å². The molecule has 2 fully saturated rings. The van der Waals surface area contributed by atoms with Gasteiger partial charge in [0.2, 0.25) is 0 Å². The van der Waals surface area contributed by atoms with Gasteiger partial charge in [0.25, 0.3) is 5.24 Å². The van der Waals surface area contributed by atoms with Crippen LogP contribution in [0.25, 0.3) is 0 Å². The van der Waals surface area contributed by atoms with Crippen LogP contribution in [0.1, 0.15) is 36.0 Å². The minimum Gasteiger partial charge on any atom is -0.371 e. The first-order valence-electron chi connectivity index (χ1n) is 6.45. The topological polar surface area (TPSA) is 20.3 Å². The van der Waals surface area contributed by atoms with Gasteiger partial charge in [0.15, 0.2) is 0 Å². The first-order chi connectivity index (χ1) is 9.01. The third-order valence-electron chi connectivity index (χ3n) is 4.35. The van der Waals surface area contributed by atoms with Gasteiger partial charge in [-0.2, -0.15) is 0 Å². The second kappa shape index (κ2) is 4.74. The van der Waals surface area contributed by atoms with Crippen LogP contribution >= 0.6 is 27.5 Å². The van der Waals surface area contributed by atoms with Crippen molar-refractivity contribution in [2.45, 2.75) is 25.7 Å². The van der Waals surface area contributed by atoms with E-state index in [-0.39, 0.29) is 5.56 Å². The first kappa shape index (κ1) is 13.4. The van der Waals surface area contributed by atoms with E-state index in [9.17, 15) is 9.18 Å². The number of benzene rings is 1. The van der Waals surface area contributed by atoms with Crippen molar-refractivity contribution < 1.29 is 9.18 Å². The molecule has 1 aliphatic heterocycles. The molecule has 0 N–H and O–H groups in total. The van der Waals surface area contributed by atoms with E-state index in [4.69, 9.17) is 11.6 Å². The number of anilines is 1. The fourth-order valence-electron chi connectivity index (χ4n) is 2.90. The van der Waals surface area contributed by atoms with Gasteiger partial charge in [0, 0.05) is 17.6 Å². The lowest BCUT2D eigenvalue weighted by atomic mass is 9.93. The first-order valence-corrected chi connectivity index (χ1v) is 7.62. The Kier molecular flexibility index (Phi) is 3.34. The molecule has 102 valence electrons. The lowest BCUT2D eigenvalue weighted by Gasteiger charge is -2.34. The van der Waals surface area contributed by atoms with Gasteiger partial charge in [-0.05, 0) is 54.8 Å². The van der Waals surface area contributed by atoms with Crippen molar-refractivity contribution in [1.82, 2.24) is 0 Å². The number of rotatable bonds is 2. The third kappa shape index (κ3) is 2.52. The molecule has 1 heterocycles. The second-order valence-corrected chi connectivity index (χ2v) is 6.80. The Labute approximate surface area is 125 Å². The Hall–Kier alpha value is -0.610. The third-order valence-corrected chi connectivity index (χ3v) is 5.00. The van der Waals surface area contributed by atoms with Crippen LogP contribution in [0.5, 0.6) is 0 Å². The summed E-state index contributed by atoms with van der Waals surface area (Å²) in [6, 6.07) is 3.06. The number of piperidine rings is 1. The second-order valence-electron chi connectivity index (χ2n) is 5.54. The highest BCUT2D eigenvalue weighted by Crippen LogP contribution is 2.54. The fraction of sp³-hybridized carbons (Fsp3) is 0.500. The fourth-order valence-corrected chi connectivity index (χ4v) is 3.51. The molecule has 1 saturated heterocycles. The number of hydrogen-bond acceptors (Lipinski definition) is 2. The summed E-state index contributed by atoms with van der Waals surface area (Å²) >= 11 is 8.81. The Morgan fingerprint density at radius 1 is 1.26 bits per heavy atom. The van der Waals surface area contributed by atoms with Gasteiger partial charge < -0.3 is 4.90 Å². The van der Waals surface area contributed by atoms with Gasteiger partial charge in [-0.25, -0.2) is 4.39 Å². The largest absolute Gasteiger partial charge is 0.371 e. The van der Waals surface area contributed by atoms with Crippen LogP contribution in [0.4, 0.5) is 10.1 Å². The maximum atomic E-state index is 13.9. The summed E-state index contributed by atoms with van der Waals surface area (Å²) in [7, 11) is 0. The molecule has 0 aromatic heterocycles. The van der Waals surface area contributed by atoms with Crippen molar-refractivity contribution in [2.75, 3.05) is 18.0 Å². The van der Waals surface area contributed by atoms with Crippen LogP contribution in [-0.4, -0.2) is 18.3 Å². The summed E-state index contributed by atoms with van der Waals surface area (Å²) in [6.45, 7) is 1.74. The monoisotopic (exact) mass is 345 g/mol. The Morgan fingerprint density at radius 3 is 2.42 bits per heavy atom. The molecule has 2 nitrogen and oxygen atoms in total. The van der Waals surface area contributed by atoms with Gasteiger partial charge in [-0.3, -0.25) is 4.79 Å². The Morgan fingerprint density at radius 2 is 1.89 bits per heavy atom. The number of carbonyl (C=O) groups is 1. The summed E-state index contributed by atoms with van der Waals surface area (Å²) < 4.78 is 14.6. The van der Waals surface area contributed by atoms with E-state index >= 15 is 0 Å². The predicted octanol–water partition coefficient (Wildman–Crippen LogP) is 4.35. The molecular formula is C14H14BrClFNO. The highest BCUT2D eigenvalue weighted by atomic mass is 79.9. The maximum absolute atomic E-state index is 13.9. The van der Waals surface area contributed by atoms with Crippen molar-refractivity contribution in [1.29, 1.82) is 0 Å². The van der Waals surface area contributed by atoms with Crippen LogP contribution in [0.15, 0.2) is 16.6 Å². The maximum Gasteiger partial charge on any atom is 0.257 e. The van der Waals surface area contributed by atoms with E-state index in [1.807, 2.05) is 0 Å². The van der Waals surface area contributed by atoms with Crippen molar-refractivity contribution in [2.24, 2.45) is 5.41 Å². The van der Waals surface area contributed by atoms with Crippen molar-refractivity contribution in [3.63, 3.8) is 0 Å². The molecule has 1 spiro atoms. The van der Waals surface area contributed by atoms with Crippen LogP contribution < -0.4 is 4.90 Å². The number of carbonyl (C=O) groups excluding carboxylic acids is 1. The number of halogens is 3. The standard InChI is InChI=1S/C14H14BrClFNO/c15-9-7-10(17)12(13(16)19)11(8-9)18-5-3-14(1-2-14)4-6-18/h7-8H,1-6H2. The average molecular weight is 347 g/mol. The summed E-state index contributed by atoms with van der Waals surface area (Å²) in [6.07, 6.45) is 4.87. The van der Waals surface area contributed by atoms with Crippen LogP contribution in [0.2, 0.25) is 0 Å². The van der Waals surface area contributed by atoms with Crippen molar-refractivity contribution in [3.8, 4) is 0 Å². The molecule has 19 heavy (non-hydrogen) atoms. The molecule has 0 atom stereocenters. The van der Waals surface area contributed by atoms with E-state index in [0.29, 0.717) is 15.6 Å². The predicted molar refractivity (Wildman–Crippen MR) is 77.4 cm³/mol. The van der Waals surface area contributed by atoms with E-state index < -0.39 is 11.1 Å². The Bertz CT molecular complexity index is 534. The van der Waals surface area contributed by atoms with Gasteiger partial charge in [-0.1, -0.05) is 15.9 Å². The minimum absolute atomic E-state index is 0.00314. The summed E-state index contributed by atoms with van der Waals surface area (Å²) in [5.41, 5.74) is 1.16. The highest BCUT2D eigenvalue weighted by Gasteiger charge is 2.44. The molecule has 1 aromatic carbocycles. The van der Waals surface area contributed by atoms with Crippen LogP contribution in [0, 0.1) is 11.2 Å². The van der Waals surface area contributed by atoms with Crippen LogP contribution in [0.3, 0.4) is 0 Å². The van der Waals surface area contributed by atoms with Crippen LogP contribution in [-0.2, 0) is 0 Å². The van der Waals surface area contributed by atoms with E-state index in [2.05, 4.69) is 20.8 Å². The molecule has 0 unspecified atom stereocenters. The molecule has 1 saturated carbocycles. The zero-order valence-corrected chi connectivity index (χ0v) is 12.7. The zero-order chi connectivity index (χ0) is 13.6. The van der Waals surface area contributed by atoms with Crippen molar-refractivity contribution >= 4 is 38.5 Å². The molecule has 0 bridgehead atoms. The van der Waals surface area contributed by atoms with E-state index in [1.165, 1.54) is 18.9 Å². The molecule has 1 aliphatic carbocycles. The lowest BCUT2D eigenvalue weighted by Crippen LogP contribution is -2.35. The van der Waals surface area contributed by atoms with Gasteiger partial charge in [-0.15, -0.1) is 0 Å². The van der Waals surface area contributed by atoms with E-state index in [0.717, 1.165) is 25.9 Å². The summed E-state index contributed by atoms with van der Waals surface area (Å²) in [5.74, 6) is -0.559. The van der Waals surface area contributed by atoms with Gasteiger partial charge in [0.05, 0.1) is 11.3 Å². The van der Waals surface area contributed by atoms with E-state index in [1.54, 1.807) is 6.07 Å². The molecule has 2 aliphatic rings. The molecule has 5 heteroatoms. The van der Waals surface area contributed by atoms with Gasteiger partial charge in [0.1, 0.15) is 5.82 Å². The molecule has 3 rings (SSSR count). The summed E-state index contributed by atoms with van der Waals surface area (Å²) in [4.78, 5) is 13.5. The average Bonchev–Trinajstić information content (AvgIpc) is 3.08. The molecule has 0 radical (unpaired) electrons. The SMILES string of the molecule is O=C(Cl)c1c(F)cc(Br)cc1N1CCC2(CC1)CC2. The number of hydrogen-bond donors (Lipinski definition) is 0. The quantitative estimate of drug-likeness (QED) is 0.742. The zero-order valence-electron chi connectivity index (χ0n) is 10.4.